The number of rotatable bonds is 9. The summed E-state index contributed by atoms with van der Waals surface area (Å²) in [4.78, 5) is 19.4. The van der Waals surface area contributed by atoms with Gasteiger partial charge < -0.3 is 29.2 Å². The van der Waals surface area contributed by atoms with Crippen LogP contribution in [-0.2, 0) is 28.8 Å². The fourth-order valence-corrected chi connectivity index (χ4v) is 4.85. The van der Waals surface area contributed by atoms with Crippen LogP contribution in [0.15, 0.2) is 76.9 Å². The molecule has 0 radical (unpaired) electrons. The Morgan fingerprint density at radius 3 is 2.19 bits per heavy atom. The Labute approximate surface area is 246 Å². The molecule has 1 N–H and O–H groups in total. The van der Waals surface area contributed by atoms with Crippen molar-refractivity contribution in [2.45, 2.75) is 32.2 Å². The Kier molecular flexibility index (Phi) is 9.47. The Hall–Kier alpha value is -4.74. The number of ether oxygens (including phenoxy) is 4. The number of nitrogens with zero attached hydrogens (tertiary/aromatic N) is 2. The summed E-state index contributed by atoms with van der Waals surface area (Å²) in [5.41, 5.74) is 1.15. The minimum absolute atomic E-state index is 0.0623. The third kappa shape index (κ3) is 6.85. The zero-order chi connectivity index (χ0) is 31.3. The molecule has 1 aliphatic rings. The van der Waals surface area contributed by atoms with E-state index in [0.717, 1.165) is 12.1 Å². The van der Waals surface area contributed by atoms with Gasteiger partial charge in [0.2, 0.25) is 5.75 Å². The topological polar surface area (TPSA) is 81.6 Å². The van der Waals surface area contributed by atoms with Crippen LogP contribution < -0.4 is 19.5 Å². The number of benzene rings is 3. The summed E-state index contributed by atoms with van der Waals surface area (Å²) >= 11 is 0. The molecule has 0 bridgehead atoms. The summed E-state index contributed by atoms with van der Waals surface area (Å²) in [6, 6.07) is 13.2. The number of halogens is 4. The maximum Gasteiger partial charge on any atom is 0.416 e. The largest absolute Gasteiger partial charge is 0.493 e. The second kappa shape index (κ2) is 13.1. The number of esters is 1. The molecule has 3 aromatic rings. The summed E-state index contributed by atoms with van der Waals surface area (Å²) in [7, 11) is 5.67. The van der Waals surface area contributed by atoms with Crippen LogP contribution in [0.1, 0.15) is 35.2 Å². The summed E-state index contributed by atoms with van der Waals surface area (Å²) in [6.07, 6.45) is -4.54. The molecule has 0 spiro atoms. The zero-order valence-electron chi connectivity index (χ0n) is 24.2. The first-order valence-electron chi connectivity index (χ1n) is 13.1. The standard InChI is InChI=1S/C31H31F4N3O5/c1-18-26(29(39)43-5)27(21-9-7-11-23(32)15-21)37-30(38(18)17-19-8-6-10-22(12-19)31(33,34)35)36-16-20-13-24(40-2)28(42-4)25(14-20)41-3/h6-15,27H,16-17H2,1-5H3,(H,36,37). The van der Waals surface area contributed by atoms with Crippen molar-refractivity contribution in [2.75, 3.05) is 28.4 Å². The molecule has 0 saturated carbocycles. The first kappa shape index (κ1) is 31.2. The average Bonchev–Trinajstić information content (AvgIpc) is 2.99. The van der Waals surface area contributed by atoms with Crippen LogP contribution >= 0.6 is 0 Å². The lowest BCUT2D eigenvalue weighted by atomic mass is 9.94. The molecular weight excluding hydrogens is 570 g/mol. The minimum atomic E-state index is -4.54. The predicted molar refractivity (Wildman–Crippen MR) is 151 cm³/mol. The summed E-state index contributed by atoms with van der Waals surface area (Å²) < 4.78 is 76.1. The molecule has 1 heterocycles. The number of aliphatic imine (C=N–C) groups is 1. The Morgan fingerprint density at radius 1 is 0.930 bits per heavy atom. The van der Waals surface area contributed by atoms with Crippen LogP contribution in [0.3, 0.4) is 0 Å². The van der Waals surface area contributed by atoms with Gasteiger partial charge in [-0.1, -0.05) is 24.3 Å². The van der Waals surface area contributed by atoms with Crippen LogP contribution in [-0.4, -0.2) is 45.3 Å². The first-order chi connectivity index (χ1) is 20.5. The number of carbonyl (C=O) groups is 1. The molecule has 0 aromatic heterocycles. The molecular formula is C31H31F4N3O5. The van der Waals surface area contributed by atoms with E-state index in [4.69, 9.17) is 23.9 Å². The molecule has 1 atom stereocenters. The summed E-state index contributed by atoms with van der Waals surface area (Å²) in [5.74, 6) is 0.273. The van der Waals surface area contributed by atoms with Crippen molar-refractivity contribution in [3.63, 3.8) is 0 Å². The molecule has 43 heavy (non-hydrogen) atoms. The lowest BCUT2D eigenvalue weighted by Gasteiger charge is -2.38. The molecule has 4 rings (SSSR count). The Morgan fingerprint density at radius 2 is 1.60 bits per heavy atom. The lowest BCUT2D eigenvalue weighted by molar-refractivity contribution is -0.138. The Bertz CT molecular complexity index is 1530. The number of guanidine groups is 1. The van der Waals surface area contributed by atoms with Crippen LogP contribution in [0.5, 0.6) is 17.2 Å². The van der Waals surface area contributed by atoms with E-state index in [1.165, 1.54) is 52.7 Å². The quantitative estimate of drug-likeness (QED) is 0.237. The van der Waals surface area contributed by atoms with E-state index in [1.807, 2.05) is 0 Å². The van der Waals surface area contributed by atoms with Crippen molar-refractivity contribution in [1.82, 2.24) is 10.2 Å². The first-order valence-corrected chi connectivity index (χ1v) is 13.1. The molecule has 0 saturated heterocycles. The highest BCUT2D eigenvalue weighted by Crippen LogP contribution is 2.39. The van der Waals surface area contributed by atoms with Crippen molar-refractivity contribution in [2.24, 2.45) is 4.99 Å². The van der Waals surface area contributed by atoms with Gasteiger partial charge in [0.15, 0.2) is 17.5 Å². The molecule has 0 amide bonds. The van der Waals surface area contributed by atoms with Crippen molar-refractivity contribution < 1.29 is 41.3 Å². The van der Waals surface area contributed by atoms with E-state index in [0.29, 0.717) is 39.6 Å². The van der Waals surface area contributed by atoms with Gasteiger partial charge in [-0.25, -0.2) is 14.2 Å². The average molecular weight is 602 g/mol. The molecule has 0 aliphatic carbocycles. The van der Waals surface area contributed by atoms with Crippen molar-refractivity contribution >= 4 is 11.9 Å². The van der Waals surface area contributed by atoms with E-state index >= 15 is 0 Å². The highest BCUT2D eigenvalue weighted by Gasteiger charge is 2.36. The highest BCUT2D eigenvalue weighted by molar-refractivity contribution is 5.96. The van der Waals surface area contributed by atoms with Gasteiger partial charge in [-0.05, 0) is 60.0 Å². The smallest absolute Gasteiger partial charge is 0.416 e. The maximum atomic E-state index is 14.3. The Balaban J connectivity index is 1.84. The molecule has 12 heteroatoms. The molecule has 1 unspecified atom stereocenters. The van der Waals surface area contributed by atoms with E-state index in [-0.39, 0.29) is 24.6 Å². The van der Waals surface area contributed by atoms with E-state index in [9.17, 15) is 22.4 Å². The number of methoxy groups -OCH3 is 4. The van der Waals surface area contributed by atoms with E-state index in [1.54, 1.807) is 36.1 Å². The number of hydrogen-bond acceptors (Lipinski definition) is 6. The van der Waals surface area contributed by atoms with Crippen LogP contribution in [0.25, 0.3) is 0 Å². The molecule has 0 fully saturated rings. The van der Waals surface area contributed by atoms with E-state index < -0.39 is 29.6 Å². The number of hydrogen-bond donors (Lipinski definition) is 1. The van der Waals surface area contributed by atoms with Gasteiger partial charge in [0.1, 0.15) is 5.82 Å². The van der Waals surface area contributed by atoms with Crippen LogP contribution in [0, 0.1) is 5.82 Å². The van der Waals surface area contributed by atoms with Gasteiger partial charge in [-0.2, -0.15) is 13.2 Å². The maximum absolute atomic E-state index is 14.3. The van der Waals surface area contributed by atoms with Crippen LogP contribution in [0.4, 0.5) is 17.6 Å². The molecule has 3 aromatic carbocycles. The summed E-state index contributed by atoms with van der Waals surface area (Å²) in [6.45, 7) is 1.66. The van der Waals surface area contributed by atoms with Crippen molar-refractivity contribution in [3.8, 4) is 17.2 Å². The second-order valence-corrected chi connectivity index (χ2v) is 9.58. The molecule has 8 nitrogen and oxygen atoms in total. The normalized spacial score (nSPS) is 16.2. The molecule has 1 aliphatic heterocycles. The van der Waals surface area contributed by atoms with Gasteiger partial charge in [-0.3, -0.25) is 0 Å². The summed E-state index contributed by atoms with van der Waals surface area (Å²) in [5, 5.41) is 3.20. The fourth-order valence-electron chi connectivity index (χ4n) is 4.85. The SMILES string of the molecule is COC(=O)C1=C(C)N(Cc2cccc(C(F)(F)F)c2)C(=NCc2cc(OC)c(OC)c(OC)c2)NC1c1cccc(F)c1. The van der Waals surface area contributed by atoms with Gasteiger partial charge in [0.25, 0.3) is 0 Å². The lowest BCUT2D eigenvalue weighted by Crippen LogP contribution is -2.48. The second-order valence-electron chi connectivity index (χ2n) is 9.58. The zero-order valence-corrected chi connectivity index (χ0v) is 24.2. The fraction of sp³-hybridized carbons (Fsp3) is 0.290. The predicted octanol–water partition coefficient (Wildman–Crippen LogP) is 6.02. The van der Waals surface area contributed by atoms with Gasteiger partial charge >= 0.3 is 12.1 Å². The highest BCUT2D eigenvalue weighted by atomic mass is 19.4. The van der Waals surface area contributed by atoms with Crippen molar-refractivity contribution in [3.05, 3.63) is 100 Å². The number of carbonyl (C=O) groups excluding carboxylic acids is 1. The minimum Gasteiger partial charge on any atom is -0.493 e. The van der Waals surface area contributed by atoms with Gasteiger partial charge in [0, 0.05) is 5.70 Å². The molecule has 228 valence electrons. The number of alkyl halides is 3. The third-order valence-electron chi connectivity index (χ3n) is 6.93. The van der Waals surface area contributed by atoms with Crippen molar-refractivity contribution in [1.29, 1.82) is 0 Å². The monoisotopic (exact) mass is 601 g/mol. The number of nitrogens with one attached hydrogen (secondary N) is 1. The number of allylic oxidation sites excluding steroid dienone is 1. The van der Waals surface area contributed by atoms with Gasteiger partial charge in [-0.15, -0.1) is 0 Å². The van der Waals surface area contributed by atoms with Gasteiger partial charge in [0.05, 0.1) is 58.7 Å². The third-order valence-corrected chi connectivity index (χ3v) is 6.93. The van der Waals surface area contributed by atoms with Crippen LogP contribution in [0.2, 0.25) is 0 Å². The van der Waals surface area contributed by atoms with E-state index in [2.05, 4.69) is 5.32 Å².